The zero-order valence-corrected chi connectivity index (χ0v) is 19.0. The van der Waals surface area contributed by atoms with Crippen molar-refractivity contribution in [3.63, 3.8) is 0 Å². The first kappa shape index (κ1) is 23.3. The Labute approximate surface area is 181 Å². The van der Waals surface area contributed by atoms with E-state index in [1.165, 1.54) is 0 Å². The molecule has 10 heteroatoms. The number of piperazine rings is 1. The molecule has 1 aliphatic rings. The van der Waals surface area contributed by atoms with Crippen LogP contribution in [0, 0.1) is 31.4 Å². The summed E-state index contributed by atoms with van der Waals surface area (Å²) in [5.41, 5.74) is 2.68. The monoisotopic (exact) mass is 454 g/mol. The van der Waals surface area contributed by atoms with Gasteiger partial charge in [0.2, 0.25) is 15.9 Å². The maximum atomic E-state index is 14.0. The van der Waals surface area contributed by atoms with Gasteiger partial charge in [0.25, 0.3) is 0 Å². The van der Waals surface area contributed by atoms with Crippen LogP contribution in [-0.4, -0.2) is 59.5 Å². The Bertz CT molecular complexity index is 1070. The van der Waals surface area contributed by atoms with E-state index in [2.05, 4.69) is 18.9 Å². The molecule has 0 N–H and O–H groups in total. The van der Waals surface area contributed by atoms with E-state index >= 15 is 0 Å². The Morgan fingerprint density at radius 3 is 2.35 bits per heavy atom. The van der Waals surface area contributed by atoms with Crippen LogP contribution in [0.25, 0.3) is 0 Å². The van der Waals surface area contributed by atoms with Gasteiger partial charge in [-0.2, -0.15) is 9.40 Å². The van der Waals surface area contributed by atoms with Gasteiger partial charge in [0, 0.05) is 50.0 Å². The van der Waals surface area contributed by atoms with Crippen molar-refractivity contribution in [2.24, 2.45) is 5.92 Å². The number of rotatable bonds is 6. The predicted octanol–water partition coefficient (Wildman–Crippen LogP) is 2.51. The minimum absolute atomic E-state index is 0.0511. The van der Waals surface area contributed by atoms with E-state index in [0.29, 0.717) is 12.0 Å². The first-order chi connectivity index (χ1) is 14.5. The van der Waals surface area contributed by atoms with E-state index in [1.807, 2.05) is 18.5 Å². The van der Waals surface area contributed by atoms with Gasteiger partial charge >= 0.3 is 0 Å². The lowest BCUT2D eigenvalue weighted by Gasteiger charge is -2.34. The van der Waals surface area contributed by atoms with Crippen LogP contribution >= 0.6 is 0 Å². The maximum Gasteiger partial charge on any atom is 0.246 e. The molecule has 170 valence electrons. The summed E-state index contributed by atoms with van der Waals surface area (Å²) in [6, 6.07) is 2.40. The van der Waals surface area contributed by atoms with Gasteiger partial charge in [-0.1, -0.05) is 13.8 Å². The first-order valence-corrected chi connectivity index (χ1v) is 11.7. The highest BCUT2D eigenvalue weighted by Gasteiger charge is 2.32. The van der Waals surface area contributed by atoms with Crippen LogP contribution in [0.1, 0.15) is 30.8 Å². The van der Waals surface area contributed by atoms with Gasteiger partial charge < -0.3 is 4.90 Å². The number of halogens is 2. The predicted molar refractivity (Wildman–Crippen MR) is 112 cm³/mol. The third-order valence-corrected chi connectivity index (χ3v) is 7.43. The number of benzene rings is 1. The van der Waals surface area contributed by atoms with Crippen LogP contribution in [0.15, 0.2) is 23.1 Å². The van der Waals surface area contributed by atoms with Crippen LogP contribution in [0.2, 0.25) is 0 Å². The Hall–Kier alpha value is -2.33. The summed E-state index contributed by atoms with van der Waals surface area (Å²) in [4.78, 5) is 13.9. The maximum absolute atomic E-state index is 14.0. The van der Waals surface area contributed by atoms with E-state index in [9.17, 15) is 22.0 Å². The molecule has 3 rings (SSSR count). The van der Waals surface area contributed by atoms with Crippen molar-refractivity contribution in [3.8, 4) is 0 Å². The van der Waals surface area contributed by atoms with Gasteiger partial charge in [0.15, 0.2) is 0 Å². The molecular weight excluding hydrogens is 426 g/mol. The number of hydrogen-bond acceptors (Lipinski definition) is 4. The largest absolute Gasteiger partial charge is 0.340 e. The van der Waals surface area contributed by atoms with Crippen LogP contribution < -0.4 is 0 Å². The summed E-state index contributed by atoms with van der Waals surface area (Å²) in [6.07, 6.45) is 0.203. The average molecular weight is 455 g/mol. The molecule has 0 aliphatic carbocycles. The Morgan fingerprint density at radius 2 is 1.77 bits per heavy atom. The number of nitrogens with zero attached hydrogens (tertiary/aromatic N) is 4. The van der Waals surface area contributed by atoms with Gasteiger partial charge in [-0.15, -0.1) is 0 Å². The summed E-state index contributed by atoms with van der Waals surface area (Å²) in [7, 11) is -4.10. The van der Waals surface area contributed by atoms with E-state index in [1.54, 1.807) is 4.90 Å². The van der Waals surface area contributed by atoms with Crippen LogP contribution in [0.4, 0.5) is 8.78 Å². The summed E-state index contributed by atoms with van der Waals surface area (Å²) >= 11 is 0. The number of aryl methyl sites for hydroxylation is 1. The van der Waals surface area contributed by atoms with Crippen molar-refractivity contribution in [1.82, 2.24) is 19.0 Å². The third kappa shape index (κ3) is 4.95. The number of carbonyl (C=O) groups excluding carboxylic acids is 1. The molecule has 1 fully saturated rings. The molecule has 2 heterocycles. The smallest absolute Gasteiger partial charge is 0.246 e. The molecule has 7 nitrogen and oxygen atoms in total. The molecule has 0 bridgehead atoms. The number of aromatic nitrogens is 2. The standard InChI is InChI=1S/C21H28F2N4O3S/c1-14(2)13-27-16(4)18(15(3)24-27)12-21(28)25-7-9-26(10-8-25)31(29,30)20-6-5-17(22)11-19(20)23/h5-6,11,14H,7-10,12-13H2,1-4H3. The van der Waals surface area contributed by atoms with Gasteiger partial charge in [0.05, 0.1) is 12.1 Å². The Balaban J connectivity index is 1.66. The molecule has 0 unspecified atom stereocenters. The molecule has 0 atom stereocenters. The second-order valence-electron chi connectivity index (χ2n) is 8.26. The fourth-order valence-electron chi connectivity index (χ4n) is 3.78. The minimum Gasteiger partial charge on any atom is -0.340 e. The highest BCUT2D eigenvalue weighted by molar-refractivity contribution is 7.89. The van der Waals surface area contributed by atoms with Crippen molar-refractivity contribution >= 4 is 15.9 Å². The lowest BCUT2D eigenvalue weighted by atomic mass is 10.1. The zero-order chi connectivity index (χ0) is 22.9. The summed E-state index contributed by atoms with van der Waals surface area (Å²) in [6.45, 7) is 9.33. The number of carbonyl (C=O) groups is 1. The molecule has 1 amide bonds. The van der Waals surface area contributed by atoms with Gasteiger partial charge in [-0.05, 0) is 31.9 Å². The average Bonchev–Trinajstić information content (AvgIpc) is 2.94. The highest BCUT2D eigenvalue weighted by atomic mass is 32.2. The number of hydrogen-bond donors (Lipinski definition) is 0. The third-order valence-electron chi connectivity index (χ3n) is 5.50. The molecule has 31 heavy (non-hydrogen) atoms. The summed E-state index contributed by atoms with van der Waals surface area (Å²) < 4.78 is 55.6. The van der Waals surface area contributed by atoms with E-state index in [-0.39, 0.29) is 38.5 Å². The van der Waals surface area contributed by atoms with Gasteiger partial charge in [-0.25, -0.2) is 17.2 Å². The molecule has 1 aliphatic heterocycles. The highest BCUT2D eigenvalue weighted by Crippen LogP contribution is 2.22. The van der Waals surface area contributed by atoms with Crippen molar-refractivity contribution < 1.29 is 22.0 Å². The normalized spacial score (nSPS) is 15.6. The molecule has 0 spiro atoms. The summed E-state index contributed by atoms with van der Waals surface area (Å²) in [5.74, 6) is -1.63. The van der Waals surface area contributed by atoms with Gasteiger partial charge in [-0.3, -0.25) is 9.48 Å². The fraction of sp³-hybridized carbons (Fsp3) is 0.524. The topological polar surface area (TPSA) is 75.5 Å². The Kier molecular flexibility index (Phi) is 6.80. The van der Waals surface area contributed by atoms with Crippen LogP contribution in [0.5, 0.6) is 0 Å². The second-order valence-corrected chi connectivity index (χ2v) is 10.2. The second kappa shape index (κ2) is 9.04. The molecular formula is C21H28F2N4O3S. The van der Waals surface area contributed by atoms with Crippen LogP contribution in [-0.2, 0) is 27.8 Å². The lowest BCUT2D eigenvalue weighted by Crippen LogP contribution is -2.51. The van der Waals surface area contributed by atoms with Crippen molar-refractivity contribution in [2.75, 3.05) is 26.2 Å². The molecule has 0 radical (unpaired) electrons. The van der Waals surface area contributed by atoms with Crippen molar-refractivity contribution in [2.45, 2.75) is 45.6 Å². The molecule has 1 saturated heterocycles. The number of amides is 1. The quantitative estimate of drug-likeness (QED) is 0.672. The van der Waals surface area contributed by atoms with Crippen molar-refractivity contribution in [1.29, 1.82) is 0 Å². The summed E-state index contributed by atoms with van der Waals surface area (Å²) in [5, 5.41) is 4.54. The Morgan fingerprint density at radius 1 is 1.13 bits per heavy atom. The number of sulfonamides is 1. The van der Waals surface area contributed by atoms with E-state index in [0.717, 1.165) is 39.9 Å². The molecule has 2 aromatic rings. The van der Waals surface area contributed by atoms with Gasteiger partial charge in [0.1, 0.15) is 16.5 Å². The fourth-order valence-corrected chi connectivity index (χ4v) is 5.25. The SMILES string of the molecule is Cc1nn(CC(C)C)c(C)c1CC(=O)N1CCN(S(=O)(=O)c2ccc(F)cc2F)CC1. The van der Waals surface area contributed by atoms with Crippen LogP contribution in [0.3, 0.4) is 0 Å². The van der Waals surface area contributed by atoms with E-state index < -0.39 is 26.6 Å². The first-order valence-electron chi connectivity index (χ1n) is 10.3. The molecule has 1 aromatic carbocycles. The molecule has 1 aromatic heterocycles. The zero-order valence-electron chi connectivity index (χ0n) is 18.2. The minimum atomic E-state index is -4.10. The lowest BCUT2D eigenvalue weighted by molar-refractivity contribution is -0.131. The van der Waals surface area contributed by atoms with E-state index in [4.69, 9.17) is 0 Å². The van der Waals surface area contributed by atoms with Crippen molar-refractivity contribution in [3.05, 3.63) is 46.8 Å². The molecule has 0 saturated carbocycles.